The summed E-state index contributed by atoms with van der Waals surface area (Å²) in [7, 11) is 0. The molecule has 2 aromatic heterocycles. The standard InChI is InChI=1S/C18H18FN3O2/c19-16-15(2-1-7-21-16)18(24)10-13-3-4-14(11-18)22(13)17(23)12-5-8-20-9-6-12/h1-2,5-9,13-14,24H,3-4,10-11H2. The van der Waals surface area contributed by atoms with Crippen molar-refractivity contribution in [1.29, 1.82) is 0 Å². The van der Waals surface area contributed by atoms with E-state index in [1.807, 2.05) is 4.90 Å². The minimum Gasteiger partial charge on any atom is -0.385 e. The first-order valence-electron chi connectivity index (χ1n) is 8.14. The van der Waals surface area contributed by atoms with Gasteiger partial charge in [-0.15, -0.1) is 0 Å². The molecule has 2 saturated heterocycles. The van der Waals surface area contributed by atoms with E-state index in [-0.39, 0.29) is 23.6 Å². The monoisotopic (exact) mass is 327 g/mol. The van der Waals surface area contributed by atoms with Gasteiger partial charge in [-0.1, -0.05) is 6.07 Å². The number of fused-ring (bicyclic) bond motifs is 2. The normalized spacial score (nSPS) is 28.8. The molecule has 2 fully saturated rings. The number of halogens is 1. The van der Waals surface area contributed by atoms with Gasteiger partial charge in [-0.25, -0.2) is 4.98 Å². The summed E-state index contributed by atoms with van der Waals surface area (Å²) in [6.07, 6.45) is 6.89. The van der Waals surface area contributed by atoms with Crippen LogP contribution in [0.3, 0.4) is 0 Å². The Kier molecular flexibility index (Phi) is 3.57. The van der Waals surface area contributed by atoms with Gasteiger partial charge >= 0.3 is 0 Å². The number of nitrogens with zero attached hydrogens (tertiary/aromatic N) is 3. The van der Waals surface area contributed by atoms with Crippen molar-refractivity contribution in [1.82, 2.24) is 14.9 Å². The van der Waals surface area contributed by atoms with Crippen LogP contribution in [0, 0.1) is 5.95 Å². The molecule has 2 atom stereocenters. The maximum atomic E-state index is 14.1. The van der Waals surface area contributed by atoms with Crippen molar-refractivity contribution in [3.05, 3.63) is 59.9 Å². The van der Waals surface area contributed by atoms with Gasteiger partial charge in [0, 0.05) is 54.6 Å². The maximum Gasteiger partial charge on any atom is 0.254 e. The first-order chi connectivity index (χ1) is 11.6. The Hall–Kier alpha value is -2.34. The number of amides is 1. The highest BCUT2D eigenvalue weighted by Gasteiger charge is 2.51. The molecule has 0 saturated carbocycles. The largest absolute Gasteiger partial charge is 0.385 e. The molecule has 124 valence electrons. The smallest absolute Gasteiger partial charge is 0.254 e. The summed E-state index contributed by atoms with van der Waals surface area (Å²) in [6.45, 7) is 0. The van der Waals surface area contributed by atoms with E-state index < -0.39 is 11.5 Å². The zero-order valence-corrected chi connectivity index (χ0v) is 13.1. The molecular weight excluding hydrogens is 309 g/mol. The average molecular weight is 327 g/mol. The summed E-state index contributed by atoms with van der Waals surface area (Å²) in [5.74, 6) is -0.674. The zero-order chi connectivity index (χ0) is 16.7. The van der Waals surface area contributed by atoms with Crippen molar-refractivity contribution in [2.45, 2.75) is 43.4 Å². The van der Waals surface area contributed by atoms with Crippen molar-refractivity contribution in [2.75, 3.05) is 0 Å². The molecule has 1 amide bonds. The highest BCUT2D eigenvalue weighted by molar-refractivity contribution is 5.94. The van der Waals surface area contributed by atoms with E-state index in [0.717, 1.165) is 12.8 Å². The summed E-state index contributed by atoms with van der Waals surface area (Å²) < 4.78 is 14.1. The van der Waals surface area contributed by atoms with E-state index in [1.165, 1.54) is 6.20 Å². The van der Waals surface area contributed by atoms with Crippen LogP contribution in [0.15, 0.2) is 42.9 Å². The summed E-state index contributed by atoms with van der Waals surface area (Å²) in [6, 6.07) is 6.43. The van der Waals surface area contributed by atoms with Crippen molar-refractivity contribution >= 4 is 5.91 Å². The number of hydrogen-bond donors (Lipinski definition) is 1. The van der Waals surface area contributed by atoms with Crippen molar-refractivity contribution < 1.29 is 14.3 Å². The molecule has 0 aliphatic carbocycles. The molecule has 4 rings (SSSR count). The van der Waals surface area contributed by atoms with Crippen LogP contribution in [0.2, 0.25) is 0 Å². The van der Waals surface area contributed by atoms with Gasteiger partial charge in [0.1, 0.15) is 0 Å². The number of aromatic nitrogens is 2. The topological polar surface area (TPSA) is 66.3 Å². The number of carbonyl (C=O) groups is 1. The lowest BCUT2D eigenvalue weighted by Gasteiger charge is -2.44. The lowest BCUT2D eigenvalue weighted by molar-refractivity contribution is -0.0504. The molecule has 6 heteroatoms. The predicted octanol–water partition coefficient (Wildman–Crippen LogP) is 2.27. The second-order valence-electron chi connectivity index (χ2n) is 6.61. The molecule has 2 aromatic rings. The van der Waals surface area contributed by atoms with E-state index in [1.54, 1.807) is 36.7 Å². The number of rotatable bonds is 2. The molecule has 0 aromatic carbocycles. The molecule has 5 nitrogen and oxygen atoms in total. The number of hydrogen-bond acceptors (Lipinski definition) is 4. The van der Waals surface area contributed by atoms with E-state index in [4.69, 9.17) is 0 Å². The van der Waals surface area contributed by atoms with Crippen LogP contribution in [0.4, 0.5) is 4.39 Å². The minimum atomic E-state index is -1.26. The molecule has 24 heavy (non-hydrogen) atoms. The fourth-order valence-corrected chi connectivity index (χ4v) is 4.15. The Morgan fingerprint density at radius 1 is 1.17 bits per heavy atom. The zero-order valence-electron chi connectivity index (χ0n) is 13.1. The van der Waals surface area contributed by atoms with Crippen LogP contribution in [0.5, 0.6) is 0 Å². The highest BCUT2D eigenvalue weighted by atomic mass is 19.1. The van der Waals surface area contributed by atoms with Gasteiger partial charge in [-0.2, -0.15) is 4.39 Å². The van der Waals surface area contributed by atoms with Gasteiger partial charge in [0.25, 0.3) is 5.91 Å². The molecule has 4 heterocycles. The Bertz CT molecular complexity index is 754. The van der Waals surface area contributed by atoms with Gasteiger partial charge in [-0.3, -0.25) is 9.78 Å². The Morgan fingerprint density at radius 2 is 1.83 bits per heavy atom. The first kappa shape index (κ1) is 15.2. The van der Waals surface area contributed by atoms with E-state index in [0.29, 0.717) is 18.4 Å². The van der Waals surface area contributed by atoms with Crippen molar-refractivity contribution in [3.63, 3.8) is 0 Å². The van der Waals surface area contributed by atoms with Crippen molar-refractivity contribution in [2.24, 2.45) is 0 Å². The third kappa shape index (κ3) is 2.38. The van der Waals surface area contributed by atoms with Gasteiger partial charge in [0.2, 0.25) is 5.95 Å². The van der Waals surface area contributed by atoms with Crippen LogP contribution >= 0.6 is 0 Å². The first-order valence-corrected chi connectivity index (χ1v) is 8.14. The Balaban J connectivity index is 1.62. The third-order valence-electron chi connectivity index (χ3n) is 5.19. The summed E-state index contributed by atoms with van der Waals surface area (Å²) in [4.78, 5) is 22.3. The van der Waals surface area contributed by atoms with E-state index in [2.05, 4.69) is 9.97 Å². The minimum absolute atomic E-state index is 0.0430. The summed E-state index contributed by atoms with van der Waals surface area (Å²) >= 11 is 0. The third-order valence-corrected chi connectivity index (χ3v) is 5.19. The second kappa shape index (κ2) is 5.63. The molecule has 2 bridgehead atoms. The number of carbonyl (C=O) groups excluding carboxylic acids is 1. The fourth-order valence-electron chi connectivity index (χ4n) is 4.15. The molecule has 2 aliphatic rings. The van der Waals surface area contributed by atoms with Crippen molar-refractivity contribution in [3.8, 4) is 0 Å². The van der Waals surface area contributed by atoms with Gasteiger partial charge in [0.15, 0.2) is 0 Å². The lowest BCUT2D eigenvalue weighted by atomic mass is 9.80. The van der Waals surface area contributed by atoms with Crippen LogP contribution < -0.4 is 0 Å². The molecule has 1 N–H and O–H groups in total. The lowest BCUT2D eigenvalue weighted by Crippen LogP contribution is -2.52. The van der Waals surface area contributed by atoms with Crippen LogP contribution in [0.25, 0.3) is 0 Å². The summed E-state index contributed by atoms with van der Waals surface area (Å²) in [5.41, 5.74) is -0.433. The quantitative estimate of drug-likeness (QED) is 0.859. The van der Waals surface area contributed by atoms with E-state index in [9.17, 15) is 14.3 Å². The van der Waals surface area contributed by atoms with Crippen LogP contribution in [0.1, 0.15) is 41.6 Å². The van der Waals surface area contributed by atoms with Gasteiger partial charge in [0.05, 0.1) is 5.60 Å². The molecule has 2 aliphatic heterocycles. The molecule has 0 spiro atoms. The maximum absolute atomic E-state index is 14.1. The number of piperidine rings is 1. The second-order valence-corrected chi connectivity index (χ2v) is 6.61. The highest BCUT2D eigenvalue weighted by Crippen LogP contribution is 2.46. The van der Waals surface area contributed by atoms with Gasteiger partial charge in [-0.05, 0) is 31.0 Å². The summed E-state index contributed by atoms with van der Waals surface area (Å²) in [5, 5.41) is 11.0. The SMILES string of the molecule is O=C(c1ccncc1)N1C2CCC1CC(O)(c1cccnc1F)C2. The number of aliphatic hydroxyl groups is 1. The molecule has 0 radical (unpaired) electrons. The Labute approximate surface area is 139 Å². The van der Waals surface area contributed by atoms with Crippen LogP contribution in [-0.2, 0) is 5.60 Å². The average Bonchev–Trinajstić information content (AvgIpc) is 2.87. The molecule has 2 unspecified atom stereocenters. The van der Waals surface area contributed by atoms with Gasteiger partial charge < -0.3 is 10.0 Å². The Morgan fingerprint density at radius 3 is 2.46 bits per heavy atom. The molecular formula is C18H18FN3O2. The van der Waals surface area contributed by atoms with Crippen LogP contribution in [-0.4, -0.2) is 38.0 Å². The van der Waals surface area contributed by atoms with E-state index >= 15 is 0 Å². The fraction of sp³-hybridized carbons (Fsp3) is 0.389. The number of pyridine rings is 2. The predicted molar refractivity (Wildman–Crippen MR) is 84.5 cm³/mol.